The highest BCUT2D eigenvalue weighted by Gasteiger charge is 2.37. The van der Waals surface area contributed by atoms with Gasteiger partial charge in [-0.15, -0.1) is 0 Å². The molecule has 1 aliphatic heterocycles. The van der Waals surface area contributed by atoms with E-state index in [2.05, 4.69) is 12.1 Å². The minimum atomic E-state index is -0.836. The minimum absolute atomic E-state index is 0.0573. The number of ether oxygens (including phenoxy) is 3. The molecule has 0 N–H and O–H groups in total. The SMILES string of the molecule is Cc1c(COc2cccc(N3CCOC(C)(C)C3=O)c2)nc2ccccc2c1OCc1ccccc1. The summed E-state index contributed by atoms with van der Waals surface area (Å²) in [6, 6.07) is 25.7. The fourth-order valence-corrected chi connectivity index (χ4v) is 4.40. The van der Waals surface area contributed by atoms with Crippen LogP contribution in [-0.2, 0) is 22.7 Å². The first-order chi connectivity index (χ1) is 17.4. The fourth-order valence-electron chi connectivity index (χ4n) is 4.40. The van der Waals surface area contributed by atoms with Crippen LogP contribution in [0.5, 0.6) is 11.5 Å². The summed E-state index contributed by atoms with van der Waals surface area (Å²) >= 11 is 0. The Bertz CT molecular complexity index is 1380. The fraction of sp³-hybridized carbons (Fsp3) is 0.267. The van der Waals surface area contributed by atoms with Crippen molar-refractivity contribution < 1.29 is 19.0 Å². The highest BCUT2D eigenvalue weighted by atomic mass is 16.5. The first-order valence-electron chi connectivity index (χ1n) is 12.2. The molecule has 5 rings (SSSR count). The zero-order chi connectivity index (χ0) is 25.1. The maximum Gasteiger partial charge on any atom is 0.258 e. The number of pyridine rings is 1. The molecule has 6 nitrogen and oxygen atoms in total. The summed E-state index contributed by atoms with van der Waals surface area (Å²) in [5, 5.41) is 0.977. The van der Waals surface area contributed by atoms with Crippen molar-refractivity contribution >= 4 is 22.5 Å². The summed E-state index contributed by atoms with van der Waals surface area (Å²) in [6.07, 6.45) is 0. The van der Waals surface area contributed by atoms with Crippen LogP contribution in [0.2, 0.25) is 0 Å². The summed E-state index contributed by atoms with van der Waals surface area (Å²) in [5.74, 6) is 1.43. The standard InChI is InChI=1S/C30H30N2O4/c1-21-27(20-34-24-13-9-12-23(18-24)32-16-17-36-30(2,3)29(32)33)31-26-15-8-7-14-25(26)28(21)35-19-22-10-5-4-6-11-22/h4-15,18H,16-17,19-20H2,1-3H3. The molecule has 0 atom stereocenters. The van der Waals surface area contributed by atoms with Crippen molar-refractivity contribution in [2.45, 2.75) is 39.6 Å². The number of hydrogen-bond donors (Lipinski definition) is 0. The van der Waals surface area contributed by atoms with Crippen LogP contribution in [0.4, 0.5) is 5.69 Å². The third-order valence-electron chi connectivity index (χ3n) is 6.45. The molecule has 0 radical (unpaired) electrons. The van der Waals surface area contributed by atoms with Crippen molar-refractivity contribution in [3.8, 4) is 11.5 Å². The molecule has 1 saturated heterocycles. The number of anilines is 1. The van der Waals surface area contributed by atoms with E-state index in [1.807, 2.05) is 73.7 Å². The first kappa shape index (κ1) is 23.8. The van der Waals surface area contributed by atoms with Gasteiger partial charge in [0, 0.05) is 29.2 Å². The average molecular weight is 483 g/mol. The molecule has 0 spiro atoms. The van der Waals surface area contributed by atoms with Crippen LogP contribution >= 0.6 is 0 Å². The van der Waals surface area contributed by atoms with Crippen LogP contribution < -0.4 is 14.4 Å². The van der Waals surface area contributed by atoms with Gasteiger partial charge in [-0.2, -0.15) is 0 Å². The summed E-state index contributed by atoms with van der Waals surface area (Å²) in [4.78, 5) is 19.5. The van der Waals surface area contributed by atoms with E-state index in [0.29, 0.717) is 25.5 Å². The number of morpholine rings is 1. The highest BCUT2D eigenvalue weighted by molar-refractivity contribution is 5.99. The number of nitrogens with zero attached hydrogens (tertiary/aromatic N) is 2. The molecule has 3 aromatic carbocycles. The molecule has 36 heavy (non-hydrogen) atoms. The number of benzene rings is 3. The number of rotatable bonds is 7. The highest BCUT2D eigenvalue weighted by Crippen LogP contribution is 2.32. The van der Waals surface area contributed by atoms with Crippen molar-refractivity contribution in [1.82, 2.24) is 4.98 Å². The molecule has 1 aliphatic rings. The van der Waals surface area contributed by atoms with Gasteiger partial charge in [-0.1, -0.05) is 48.5 Å². The Hall–Kier alpha value is -3.90. The van der Waals surface area contributed by atoms with Gasteiger partial charge in [0.1, 0.15) is 30.3 Å². The van der Waals surface area contributed by atoms with E-state index >= 15 is 0 Å². The summed E-state index contributed by atoms with van der Waals surface area (Å²) < 4.78 is 18.1. The maximum atomic E-state index is 12.8. The number of para-hydroxylation sites is 1. The van der Waals surface area contributed by atoms with Gasteiger partial charge >= 0.3 is 0 Å². The topological polar surface area (TPSA) is 60.9 Å². The number of amides is 1. The van der Waals surface area contributed by atoms with Crippen molar-refractivity contribution in [2.75, 3.05) is 18.1 Å². The largest absolute Gasteiger partial charge is 0.488 e. The van der Waals surface area contributed by atoms with Gasteiger partial charge in [0.25, 0.3) is 5.91 Å². The predicted octanol–water partition coefficient (Wildman–Crippen LogP) is 5.84. The van der Waals surface area contributed by atoms with E-state index in [4.69, 9.17) is 19.2 Å². The quantitative estimate of drug-likeness (QED) is 0.331. The molecule has 184 valence electrons. The number of fused-ring (bicyclic) bond motifs is 1. The van der Waals surface area contributed by atoms with Gasteiger partial charge in [-0.25, -0.2) is 4.98 Å². The lowest BCUT2D eigenvalue weighted by Crippen LogP contribution is -2.53. The summed E-state index contributed by atoms with van der Waals surface area (Å²) in [6.45, 7) is 7.38. The van der Waals surface area contributed by atoms with Crippen molar-refractivity contribution in [1.29, 1.82) is 0 Å². The number of carbonyl (C=O) groups excluding carboxylic acids is 1. The van der Waals surface area contributed by atoms with Gasteiger partial charge in [0.15, 0.2) is 0 Å². The van der Waals surface area contributed by atoms with E-state index < -0.39 is 5.60 Å². The van der Waals surface area contributed by atoms with Crippen molar-refractivity contribution in [3.63, 3.8) is 0 Å². The normalized spacial score (nSPS) is 15.2. The van der Waals surface area contributed by atoms with Crippen LogP contribution in [0.25, 0.3) is 10.9 Å². The molecule has 2 heterocycles. The minimum Gasteiger partial charge on any atom is -0.488 e. The summed E-state index contributed by atoms with van der Waals surface area (Å²) in [5.41, 5.74) is 3.69. The molecule has 4 aromatic rings. The van der Waals surface area contributed by atoms with Crippen molar-refractivity contribution in [2.24, 2.45) is 0 Å². The van der Waals surface area contributed by atoms with Crippen LogP contribution in [0.15, 0.2) is 78.9 Å². The maximum absolute atomic E-state index is 12.8. The molecule has 0 saturated carbocycles. The smallest absolute Gasteiger partial charge is 0.258 e. The zero-order valence-electron chi connectivity index (χ0n) is 20.9. The molecular weight excluding hydrogens is 452 g/mol. The number of carbonyl (C=O) groups is 1. The van der Waals surface area contributed by atoms with Gasteiger partial charge in [0.2, 0.25) is 0 Å². The zero-order valence-corrected chi connectivity index (χ0v) is 20.9. The second kappa shape index (κ2) is 9.99. The van der Waals surface area contributed by atoms with E-state index in [1.165, 1.54) is 0 Å². The number of aromatic nitrogens is 1. The monoisotopic (exact) mass is 482 g/mol. The third kappa shape index (κ3) is 4.90. The molecule has 0 aliphatic carbocycles. The van der Waals surface area contributed by atoms with E-state index in [1.54, 1.807) is 18.7 Å². The second-order valence-corrected chi connectivity index (χ2v) is 9.41. The van der Waals surface area contributed by atoms with Crippen LogP contribution in [0.3, 0.4) is 0 Å². The average Bonchev–Trinajstić information content (AvgIpc) is 2.89. The van der Waals surface area contributed by atoms with E-state index in [0.717, 1.165) is 39.2 Å². The Labute approximate surface area is 211 Å². The summed E-state index contributed by atoms with van der Waals surface area (Å²) in [7, 11) is 0. The molecule has 0 unspecified atom stereocenters. The van der Waals surface area contributed by atoms with Gasteiger partial charge in [-0.3, -0.25) is 4.79 Å². The molecular formula is C30H30N2O4. The molecule has 1 aromatic heterocycles. The Morgan fingerprint density at radius 2 is 1.72 bits per heavy atom. The Kier molecular flexibility index (Phi) is 6.61. The van der Waals surface area contributed by atoms with Gasteiger partial charge in [0.05, 0.1) is 17.8 Å². The Balaban J connectivity index is 1.38. The van der Waals surface area contributed by atoms with Crippen LogP contribution in [0.1, 0.15) is 30.7 Å². The van der Waals surface area contributed by atoms with Crippen LogP contribution in [-0.4, -0.2) is 29.6 Å². The van der Waals surface area contributed by atoms with Gasteiger partial charge in [-0.05, 0) is 50.6 Å². The second-order valence-electron chi connectivity index (χ2n) is 9.41. The molecule has 0 bridgehead atoms. The Morgan fingerprint density at radius 3 is 2.56 bits per heavy atom. The predicted molar refractivity (Wildman–Crippen MR) is 140 cm³/mol. The van der Waals surface area contributed by atoms with E-state index in [-0.39, 0.29) is 12.5 Å². The van der Waals surface area contributed by atoms with Crippen molar-refractivity contribution in [3.05, 3.63) is 95.7 Å². The number of hydrogen-bond acceptors (Lipinski definition) is 5. The van der Waals surface area contributed by atoms with Gasteiger partial charge < -0.3 is 19.1 Å². The molecule has 1 fully saturated rings. The van der Waals surface area contributed by atoms with E-state index in [9.17, 15) is 4.79 Å². The molecule has 6 heteroatoms. The Morgan fingerprint density at radius 1 is 0.944 bits per heavy atom. The van der Waals surface area contributed by atoms with Crippen LogP contribution in [0, 0.1) is 6.92 Å². The molecule has 1 amide bonds. The first-order valence-corrected chi connectivity index (χ1v) is 12.2. The lowest BCUT2D eigenvalue weighted by atomic mass is 10.1. The lowest BCUT2D eigenvalue weighted by Gasteiger charge is -2.37. The third-order valence-corrected chi connectivity index (χ3v) is 6.45. The lowest BCUT2D eigenvalue weighted by molar-refractivity contribution is -0.144.